The van der Waals surface area contributed by atoms with Gasteiger partial charge in [0, 0.05) is 24.9 Å². The first-order valence-corrected chi connectivity index (χ1v) is 12.8. The Balaban J connectivity index is 1.76. The van der Waals surface area contributed by atoms with Crippen LogP contribution in [0, 0.1) is 5.82 Å². The lowest BCUT2D eigenvalue weighted by molar-refractivity contribution is 0.146. The average molecular weight is 557 g/mol. The Morgan fingerprint density at radius 3 is 1.84 bits per heavy atom. The number of benzene rings is 4. The van der Waals surface area contributed by atoms with Gasteiger partial charge in [0.2, 0.25) is 0 Å². The van der Waals surface area contributed by atoms with E-state index < -0.39 is 5.54 Å². The largest absolute Gasteiger partial charge is 0.490 e. The second-order valence-corrected chi connectivity index (χ2v) is 9.41. The minimum Gasteiger partial charge on any atom is -0.490 e. The summed E-state index contributed by atoms with van der Waals surface area (Å²) in [6.45, 7) is 0.692. The van der Waals surface area contributed by atoms with E-state index in [2.05, 4.69) is 52.3 Å². The highest BCUT2D eigenvalue weighted by molar-refractivity contribution is 9.10. The number of nitrogens with zero attached hydrogens (tertiary/aromatic N) is 2. The summed E-state index contributed by atoms with van der Waals surface area (Å²) < 4.78 is 27.9. The molecular weight excluding hydrogens is 531 g/mol. The molecule has 6 heteroatoms. The van der Waals surface area contributed by atoms with Crippen molar-refractivity contribution in [3.05, 3.63) is 142 Å². The van der Waals surface area contributed by atoms with Gasteiger partial charge in [0.25, 0.3) is 0 Å². The van der Waals surface area contributed by atoms with E-state index in [4.69, 9.17) is 14.6 Å². The molecule has 0 aliphatic rings. The lowest BCUT2D eigenvalue weighted by Gasteiger charge is -2.36. The van der Waals surface area contributed by atoms with Crippen LogP contribution >= 0.6 is 15.9 Å². The van der Waals surface area contributed by atoms with Crippen molar-refractivity contribution in [3.8, 4) is 17.0 Å². The topological polar surface area (TPSA) is 36.3 Å². The van der Waals surface area contributed by atoms with E-state index in [-0.39, 0.29) is 5.82 Å². The molecule has 0 bridgehead atoms. The highest BCUT2D eigenvalue weighted by Gasteiger charge is 2.40. The van der Waals surface area contributed by atoms with Crippen LogP contribution in [-0.2, 0) is 10.3 Å². The van der Waals surface area contributed by atoms with Crippen LogP contribution in [0.2, 0.25) is 0 Å². The third kappa shape index (κ3) is 4.82. The Labute approximate surface area is 224 Å². The zero-order valence-corrected chi connectivity index (χ0v) is 21.9. The first-order chi connectivity index (χ1) is 18.1. The molecule has 0 saturated heterocycles. The molecule has 0 aliphatic heterocycles. The minimum atomic E-state index is -0.762. The predicted molar refractivity (Wildman–Crippen MR) is 147 cm³/mol. The number of aromatic nitrogens is 2. The molecule has 37 heavy (non-hydrogen) atoms. The molecule has 0 aliphatic carbocycles. The summed E-state index contributed by atoms with van der Waals surface area (Å²) in [7, 11) is 1.60. The van der Waals surface area contributed by atoms with Crippen molar-refractivity contribution in [3.63, 3.8) is 0 Å². The molecule has 0 unspecified atom stereocenters. The predicted octanol–water partition coefficient (Wildman–Crippen LogP) is 7.32. The maximum Gasteiger partial charge on any atom is 0.138 e. The summed E-state index contributed by atoms with van der Waals surface area (Å²) in [4.78, 5) is 0. The fourth-order valence-corrected chi connectivity index (χ4v) is 5.18. The quantitative estimate of drug-likeness (QED) is 0.141. The standard InChI is InChI=1S/C31H26BrFN2O2/c1-36-19-20-37-29-21-26(33)17-18-27(29)30-28(32)22-35(34-30)31(23-11-5-2-6-12-23,24-13-7-3-8-14-24)25-15-9-4-10-16-25/h2-18,21-22H,19-20H2,1H3. The first kappa shape index (κ1) is 24.9. The van der Waals surface area contributed by atoms with Crippen LogP contribution in [0.1, 0.15) is 16.7 Å². The van der Waals surface area contributed by atoms with Gasteiger partial charge in [-0.1, -0.05) is 91.0 Å². The Kier molecular flexibility index (Phi) is 7.49. The monoisotopic (exact) mass is 556 g/mol. The maximum absolute atomic E-state index is 14.2. The van der Waals surface area contributed by atoms with Crippen LogP contribution in [0.25, 0.3) is 11.3 Å². The van der Waals surface area contributed by atoms with Crippen molar-refractivity contribution in [1.82, 2.24) is 9.78 Å². The summed E-state index contributed by atoms with van der Waals surface area (Å²) in [5.74, 6) is 0.0339. The molecule has 1 aromatic heterocycles. The van der Waals surface area contributed by atoms with Gasteiger partial charge >= 0.3 is 0 Å². The molecule has 4 nitrogen and oxygen atoms in total. The minimum absolute atomic E-state index is 0.299. The number of hydrogen-bond donors (Lipinski definition) is 0. The van der Waals surface area contributed by atoms with Crippen molar-refractivity contribution in [1.29, 1.82) is 0 Å². The lowest BCUT2D eigenvalue weighted by atomic mass is 9.77. The van der Waals surface area contributed by atoms with Crippen molar-refractivity contribution in [2.75, 3.05) is 20.3 Å². The Morgan fingerprint density at radius 1 is 0.784 bits per heavy atom. The van der Waals surface area contributed by atoms with Crippen molar-refractivity contribution in [2.45, 2.75) is 5.54 Å². The van der Waals surface area contributed by atoms with Crippen LogP contribution in [0.3, 0.4) is 0 Å². The van der Waals surface area contributed by atoms with Crippen molar-refractivity contribution < 1.29 is 13.9 Å². The lowest BCUT2D eigenvalue weighted by Crippen LogP contribution is -2.38. The molecule has 0 atom stereocenters. The van der Waals surface area contributed by atoms with Gasteiger partial charge in [-0.2, -0.15) is 5.10 Å². The third-order valence-corrected chi connectivity index (χ3v) is 6.91. The van der Waals surface area contributed by atoms with E-state index in [1.54, 1.807) is 13.2 Å². The second-order valence-electron chi connectivity index (χ2n) is 8.56. The Morgan fingerprint density at radius 2 is 1.32 bits per heavy atom. The van der Waals surface area contributed by atoms with Crippen molar-refractivity contribution in [2.24, 2.45) is 0 Å². The van der Waals surface area contributed by atoms with Gasteiger partial charge in [-0.3, -0.25) is 4.68 Å². The van der Waals surface area contributed by atoms with E-state index in [1.165, 1.54) is 12.1 Å². The summed E-state index contributed by atoms with van der Waals surface area (Å²) in [6.07, 6.45) is 1.98. The van der Waals surface area contributed by atoms with Gasteiger partial charge in [-0.05, 0) is 44.8 Å². The highest BCUT2D eigenvalue weighted by atomic mass is 79.9. The summed E-state index contributed by atoms with van der Waals surface area (Å²) >= 11 is 3.74. The zero-order chi connectivity index (χ0) is 25.7. The smallest absolute Gasteiger partial charge is 0.138 e. The van der Waals surface area contributed by atoms with E-state index >= 15 is 0 Å². The summed E-state index contributed by atoms with van der Waals surface area (Å²) in [5, 5.41) is 5.14. The Bertz CT molecular complexity index is 1360. The molecular formula is C31H26BrFN2O2. The number of methoxy groups -OCH3 is 1. The molecule has 5 aromatic rings. The average Bonchev–Trinajstić information content (AvgIpc) is 3.32. The number of ether oxygens (including phenoxy) is 2. The molecule has 186 valence electrons. The summed E-state index contributed by atoms with van der Waals surface area (Å²) in [6, 6.07) is 35.5. The number of hydrogen-bond acceptors (Lipinski definition) is 3. The molecule has 0 N–H and O–H groups in total. The fourth-order valence-electron chi connectivity index (χ4n) is 4.69. The van der Waals surface area contributed by atoms with Gasteiger partial charge in [-0.25, -0.2) is 4.39 Å². The van der Waals surface area contributed by atoms with E-state index in [0.29, 0.717) is 30.2 Å². The fraction of sp³-hybridized carbons (Fsp3) is 0.129. The van der Waals surface area contributed by atoms with Gasteiger partial charge < -0.3 is 9.47 Å². The van der Waals surface area contributed by atoms with Crippen LogP contribution < -0.4 is 4.74 Å². The van der Waals surface area contributed by atoms with Gasteiger partial charge in [-0.15, -0.1) is 0 Å². The highest BCUT2D eigenvalue weighted by Crippen LogP contribution is 2.43. The van der Waals surface area contributed by atoms with Crippen LogP contribution in [0.5, 0.6) is 5.75 Å². The molecule has 0 fully saturated rings. The molecule has 0 saturated carbocycles. The van der Waals surface area contributed by atoms with Crippen LogP contribution in [-0.4, -0.2) is 30.1 Å². The maximum atomic E-state index is 14.2. The first-order valence-electron chi connectivity index (χ1n) is 12.0. The van der Waals surface area contributed by atoms with Gasteiger partial charge in [0.05, 0.1) is 11.1 Å². The summed E-state index contributed by atoms with van der Waals surface area (Å²) in [5.41, 5.74) is 3.76. The molecule has 4 aromatic carbocycles. The molecule has 0 spiro atoms. The van der Waals surface area contributed by atoms with Gasteiger partial charge in [0.1, 0.15) is 29.4 Å². The molecule has 1 heterocycles. The van der Waals surface area contributed by atoms with Crippen LogP contribution in [0.4, 0.5) is 4.39 Å². The SMILES string of the molecule is COCCOc1cc(F)ccc1-c1nn(C(c2ccccc2)(c2ccccc2)c2ccccc2)cc1Br. The zero-order valence-electron chi connectivity index (χ0n) is 20.4. The van der Waals surface area contributed by atoms with E-state index in [0.717, 1.165) is 21.2 Å². The molecule has 0 amide bonds. The second kappa shape index (κ2) is 11.1. The van der Waals surface area contributed by atoms with E-state index in [1.807, 2.05) is 65.5 Å². The van der Waals surface area contributed by atoms with Gasteiger partial charge in [0.15, 0.2) is 0 Å². The third-order valence-electron chi connectivity index (χ3n) is 6.33. The normalized spacial score (nSPS) is 11.4. The number of rotatable bonds is 9. The van der Waals surface area contributed by atoms with E-state index in [9.17, 15) is 4.39 Å². The molecule has 5 rings (SSSR count). The Hall–Kier alpha value is -3.74. The number of halogens is 2. The van der Waals surface area contributed by atoms with Crippen LogP contribution in [0.15, 0.2) is 120 Å². The molecule has 0 radical (unpaired) electrons. The van der Waals surface area contributed by atoms with Crippen molar-refractivity contribution >= 4 is 15.9 Å².